The number of hydrogen-bond acceptors (Lipinski definition) is 5. The largest absolute Gasteiger partial charge is 0.268 e. The molecule has 0 aliphatic carbocycles. The summed E-state index contributed by atoms with van der Waals surface area (Å²) < 4.78 is 6.59. The Balaban J connectivity index is 1.54. The zero-order chi connectivity index (χ0) is 20.1. The van der Waals surface area contributed by atoms with Gasteiger partial charge in [-0.25, -0.2) is 19.2 Å². The summed E-state index contributed by atoms with van der Waals surface area (Å²) >= 11 is 3.59. The van der Waals surface area contributed by atoms with Gasteiger partial charge < -0.3 is 0 Å². The van der Waals surface area contributed by atoms with Crippen molar-refractivity contribution >= 4 is 32.6 Å². The second-order valence-corrected chi connectivity index (χ2v) is 7.97. The molecule has 0 fully saturated rings. The van der Waals surface area contributed by atoms with E-state index in [-0.39, 0.29) is 5.92 Å². The van der Waals surface area contributed by atoms with Gasteiger partial charge in [0.15, 0.2) is 17.1 Å². The molecule has 0 aliphatic heterocycles. The molecule has 1 atom stereocenters. The summed E-state index contributed by atoms with van der Waals surface area (Å²) in [7, 11) is 0. The number of hydrogen-bond donors (Lipinski definition) is 0. The lowest BCUT2D eigenvalue weighted by Gasteiger charge is -2.09. The molecule has 146 valence electrons. The lowest BCUT2D eigenvalue weighted by atomic mass is 10.1. The molecule has 0 N–H and O–H groups in total. The van der Waals surface area contributed by atoms with Crippen LogP contribution in [-0.2, 0) is 6.54 Å². The van der Waals surface area contributed by atoms with Crippen LogP contribution in [-0.4, -0.2) is 39.1 Å². The molecule has 9 heteroatoms. The van der Waals surface area contributed by atoms with Gasteiger partial charge in [0.25, 0.3) is 0 Å². The highest BCUT2D eigenvalue weighted by atomic mass is 79.9. The van der Waals surface area contributed by atoms with Crippen molar-refractivity contribution in [2.75, 3.05) is 0 Å². The number of rotatable bonds is 4. The monoisotopic (exact) mass is 450 g/mol. The van der Waals surface area contributed by atoms with Crippen molar-refractivity contribution in [2.45, 2.75) is 33.2 Å². The van der Waals surface area contributed by atoms with Crippen LogP contribution in [0.4, 0.5) is 0 Å². The predicted octanol–water partition coefficient (Wildman–Crippen LogP) is 3.84. The normalized spacial score (nSPS) is 12.8. The van der Waals surface area contributed by atoms with E-state index in [2.05, 4.69) is 50.1 Å². The molecule has 1 unspecified atom stereocenters. The van der Waals surface area contributed by atoms with Crippen LogP contribution in [0.5, 0.6) is 0 Å². The predicted molar refractivity (Wildman–Crippen MR) is 113 cm³/mol. The Bertz CT molecular complexity index is 1330. The van der Waals surface area contributed by atoms with Crippen LogP contribution < -0.4 is 0 Å². The number of fused-ring (bicyclic) bond motifs is 3. The van der Waals surface area contributed by atoms with Crippen molar-refractivity contribution in [3.63, 3.8) is 0 Å². The molecule has 0 amide bonds. The molecule has 1 aromatic carbocycles. The van der Waals surface area contributed by atoms with Gasteiger partial charge in [-0.1, -0.05) is 25.1 Å². The fourth-order valence-electron chi connectivity index (χ4n) is 3.50. The molecule has 4 heterocycles. The molecule has 0 spiro atoms. The summed E-state index contributed by atoms with van der Waals surface area (Å²) in [5, 5.41) is 14.6. The Labute approximate surface area is 175 Å². The minimum absolute atomic E-state index is 0.0963. The highest BCUT2D eigenvalue weighted by molar-refractivity contribution is 9.10. The van der Waals surface area contributed by atoms with E-state index in [4.69, 9.17) is 4.98 Å². The Hall–Kier alpha value is -3.07. The number of aryl methyl sites for hydroxylation is 1. The lowest BCUT2D eigenvalue weighted by molar-refractivity contribution is 0.512. The van der Waals surface area contributed by atoms with Gasteiger partial charge in [0.05, 0.1) is 34.0 Å². The summed E-state index contributed by atoms with van der Waals surface area (Å²) in [4.78, 5) is 9.38. The molecule has 4 aromatic heterocycles. The van der Waals surface area contributed by atoms with Crippen LogP contribution in [0.25, 0.3) is 22.4 Å². The molecular weight excluding hydrogens is 432 g/mol. The first kappa shape index (κ1) is 18.0. The number of para-hydroxylation sites is 1. The van der Waals surface area contributed by atoms with Gasteiger partial charge in [-0.3, -0.25) is 4.68 Å². The van der Waals surface area contributed by atoms with Gasteiger partial charge >= 0.3 is 0 Å². The molecule has 0 radical (unpaired) electrons. The van der Waals surface area contributed by atoms with Crippen LogP contribution in [0.2, 0.25) is 0 Å². The van der Waals surface area contributed by atoms with Gasteiger partial charge in [0, 0.05) is 11.6 Å². The maximum Gasteiger partial charge on any atom is 0.170 e. The summed E-state index contributed by atoms with van der Waals surface area (Å²) in [6.07, 6.45) is 3.49. The standard InChI is InChI=1S/C20H19BrN8/c1-12(10-27-14(3)17(21)13(2)25-27)18-24-20-16-9-23-29(15-7-5-4-6-8-15)19(16)22-11-28(20)26-18/h4-9,11-12H,10H2,1-3H3. The van der Waals surface area contributed by atoms with Crippen molar-refractivity contribution in [1.29, 1.82) is 0 Å². The third-order valence-electron chi connectivity index (χ3n) is 5.10. The second kappa shape index (κ2) is 6.77. The lowest BCUT2D eigenvalue weighted by Crippen LogP contribution is -2.10. The first-order valence-corrected chi connectivity index (χ1v) is 10.2. The molecule has 0 aliphatic rings. The van der Waals surface area contributed by atoms with Crippen molar-refractivity contribution in [3.8, 4) is 5.69 Å². The second-order valence-electron chi connectivity index (χ2n) is 7.18. The summed E-state index contributed by atoms with van der Waals surface area (Å²) in [6.45, 7) is 6.86. The first-order chi connectivity index (χ1) is 14.0. The summed E-state index contributed by atoms with van der Waals surface area (Å²) in [5.41, 5.74) is 4.57. The third kappa shape index (κ3) is 2.93. The first-order valence-electron chi connectivity index (χ1n) is 9.37. The molecule has 0 saturated carbocycles. The molecular formula is C20H19BrN8. The highest BCUT2D eigenvalue weighted by Gasteiger charge is 2.19. The SMILES string of the molecule is Cc1nn(CC(C)c2nc3c4cnn(-c5ccccc5)c4ncn3n2)c(C)c1Br. The Morgan fingerprint density at radius 3 is 2.59 bits per heavy atom. The van der Waals surface area contributed by atoms with Gasteiger partial charge in [-0.2, -0.15) is 10.2 Å². The highest BCUT2D eigenvalue weighted by Crippen LogP contribution is 2.24. The molecule has 0 bridgehead atoms. The van der Waals surface area contributed by atoms with Gasteiger partial charge in [0.1, 0.15) is 6.33 Å². The van der Waals surface area contributed by atoms with E-state index in [0.29, 0.717) is 6.54 Å². The fourth-order valence-corrected chi connectivity index (χ4v) is 3.78. The maximum absolute atomic E-state index is 4.81. The van der Waals surface area contributed by atoms with E-state index in [9.17, 15) is 0 Å². The quantitative estimate of drug-likeness (QED) is 0.415. The van der Waals surface area contributed by atoms with Crippen LogP contribution in [0.1, 0.15) is 30.1 Å². The zero-order valence-electron chi connectivity index (χ0n) is 16.3. The van der Waals surface area contributed by atoms with E-state index in [1.165, 1.54) is 0 Å². The topological polar surface area (TPSA) is 78.7 Å². The van der Waals surface area contributed by atoms with E-state index >= 15 is 0 Å². The Morgan fingerprint density at radius 1 is 1.07 bits per heavy atom. The number of aromatic nitrogens is 8. The van der Waals surface area contributed by atoms with Crippen molar-refractivity contribution in [3.05, 3.63) is 64.5 Å². The Morgan fingerprint density at radius 2 is 1.86 bits per heavy atom. The van der Waals surface area contributed by atoms with Crippen molar-refractivity contribution < 1.29 is 0 Å². The van der Waals surface area contributed by atoms with E-state index < -0.39 is 0 Å². The third-order valence-corrected chi connectivity index (χ3v) is 6.25. The van der Waals surface area contributed by atoms with Gasteiger partial charge in [-0.05, 0) is 41.9 Å². The number of nitrogens with zero attached hydrogens (tertiary/aromatic N) is 8. The van der Waals surface area contributed by atoms with Crippen LogP contribution >= 0.6 is 15.9 Å². The average molecular weight is 451 g/mol. The minimum Gasteiger partial charge on any atom is -0.268 e. The van der Waals surface area contributed by atoms with Crippen molar-refractivity contribution in [1.82, 2.24) is 39.1 Å². The van der Waals surface area contributed by atoms with E-state index in [1.54, 1.807) is 17.0 Å². The number of halogens is 1. The Kier molecular flexibility index (Phi) is 4.20. The van der Waals surface area contributed by atoms with Crippen LogP contribution in [0, 0.1) is 13.8 Å². The van der Waals surface area contributed by atoms with Crippen LogP contribution in [0.3, 0.4) is 0 Å². The average Bonchev–Trinajstić information content (AvgIpc) is 3.41. The molecule has 5 rings (SSSR count). The fraction of sp³-hybridized carbons (Fsp3) is 0.250. The zero-order valence-corrected chi connectivity index (χ0v) is 17.9. The maximum atomic E-state index is 4.81. The molecule has 29 heavy (non-hydrogen) atoms. The van der Waals surface area contributed by atoms with Crippen LogP contribution in [0.15, 0.2) is 47.3 Å². The summed E-state index contributed by atoms with van der Waals surface area (Å²) in [6, 6.07) is 9.95. The summed E-state index contributed by atoms with van der Waals surface area (Å²) in [5.74, 6) is 0.856. The smallest absolute Gasteiger partial charge is 0.170 e. The van der Waals surface area contributed by atoms with Gasteiger partial charge in [-0.15, -0.1) is 5.10 Å². The molecule has 5 aromatic rings. The minimum atomic E-state index is 0.0963. The number of benzene rings is 1. The molecule has 8 nitrogen and oxygen atoms in total. The van der Waals surface area contributed by atoms with E-state index in [1.807, 2.05) is 46.6 Å². The molecule has 0 saturated heterocycles. The van der Waals surface area contributed by atoms with Gasteiger partial charge in [0.2, 0.25) is 0 Å². The van der Waals surface area contributed by atoms with Crippen molar-refractivity contribution in [2.24, 2.45) is 0 Å². The van der Waals surface area contributed by atoms with E-state index in [0.717, 1.165) is 44.1 Å².